The van der Waals surface area contributed by atoms with E-state index < -0.39 is 0 Å². The maximum atomic E-state index is 12.3. The highest BCUT2D eigenvalue weighted by molar-refractivity contribution is 5.99. The minimum Gasteiger partial charge on any atom is -0.497 e. The number of carbonyl (C=O) groups is 1. The molecule has 4 heteroatoms. The van der Waals surface area contributed by atoms with E-state index >= 15 is 0 Å². The van der Waals surface area contributed by atoms with Crippen molar-refractivity contribution >= 4 is 11.6 Å². The van der Waals surface area contributed by atoms with Crippen LogP contribution in [0.2, 0.25) is 0 Å². The normalized spacial score (nSPS) is 13.4. The number of benzene rings is 2. The van der Waals surface area contributed by atoms with Gasteiger partial charge in [-0.25, -0.2) is 0 Å². The van der Waals surface area contributed by atoms with Crippen LogP contribution < -0.4 is 10.5 Å². The maximum Gasteiger partial charge on any atom is 0.254 e. The van der Waals surface area contributed by atoms with Gasteiger partial charge in [0.05, 0.1) is 7.11 Å². The van der Waals surface area contributed by atoms with Crippen molar-refractivity contribution in [2.45, 2.75) is 13.0 Å². The summed E-state index contributed by atoms with van der Waals surface area (Å²) in [5.74, 6) is 0.921. The van der Waals surface area contributed by atoms with Crippen molar-refractivity contribution in [3.8, 4) is 5.75 Å². The molecule has 1 amide bonds. The third-order valence-corrected chi connectivity index (χ3v) is 3.84. The fraction of sp³-hybridized carbons (Fsp3) is 0.235. The van der Waals surface area contributed by atoms with Crippen molar-refractivity contribution < 1.29 is 9.53 Å². The number of fused-ring (bicyclic) bond motifs is 1. The van der Waals surface area contributed by atoms with E-state index in [0.717, 1.165) is 23.3 Å². The topological polar surface area (TPSA) is 55.6 Å². The zero-order valence-corrected chi connectivity index (χ0v) is 12.0. The Bertz CT molecular complexity index is 665. The highest BCUT2D eigenvalue weighted by Crippen LogP contribution is 2.25. The lowest BCUT2D eigenvalue weighted by Gasteiger charge is -2.15. The molecular formula is C17H18N2O2. The standard InChI is InChI=1S/C17H18N2O2/c1-21-15-6-2-12(3-7-15)8-9-19-11-13-4-5-14(18)10-16(13)17(19)20/h2-7,10H,8-9,11,18H2,1H3. The number of amides is 1. The molecule has 0 bridgehead atoms. The first kappa shape index (κ1) is 13.5. The molecule has 0 spiro atoms. The second-order valence-electron chi connectivity index (χ2n) is 5.24. The largest absolute Gasteiger partial charge is 0.497 e. The Morgan fingerprint density at radius 2 is 1.95 bits per heavy atom. The summed E-state index contributed by atoms with van der Waals surface area (Å²) in [4.78, 5) is 14.2. The van der Waals surface area contributed by atoms with Crippen LogP contribution in [0.1, 0.15) is 21.5 Å². The Morgan fingerprint density at radius 1 is 1.19 bits per heavy atom. The molecule has 0 saturated carbocycles. The molecule has 2 aromatic carbocycles. The summed E-state index contributed by atoms with van der Waals surface area (Å²) in [6.07, 6.45) is 0.833. The minimum atomic E-state index is 0.0748. The minimum absolute atomic E-state index is 0.0748. The van der Waals surface area contributed by atoms with Gasteiger partial charge < -0.3 is 15.4 Å². The number of nitrogens with two attached hydrogens (primary N) is 1. The predicted octanol–water partition coefficient (Wildman–Crippen LogP) is 2.48. The van der Waals surface area contributed by atoms with Gasteiger partial charge >= 0.3 is 0 Å². The van der Waals surface area contributed by atoms with Gasteiger partial charge in [0.2, 0.25) is 0 Å². The number of nitrogens with zero attached hydrogens (tertiary/aromatic N) is 1. The van der Waals surface area contributed by atoms with Crippen molar-refractivity contribution in [2.75, 3.05) is 19.4 Å². The van der Waals surface area contributed by atoms with Gasteiger partial charge in [-0.3, -0.25) is 4.79 Å². The van der Waals surface area contributed by atoms with Gasteiger partial charge in [0, 0.05) is 24.3 Å². The number of hydrogen-bond acceptors (Lipinski definition) is 3. The zero-order chi connectivity index (χ0) is 14.8. The van der Waals surface area contributed by atoms with Gasteiger partial charge in [-0.1, -0.05) is 18.2 Å². The van der Waals surface area contributed by atoms with Gasteiger partial charge in [0.1, 0.15) is 5.75 Å². The zero-order valence-electron chi connectivity index (χ0n) is 12.0. The molecule has 3 rings (SSSR count). The van der Waals surface area contributed by atoms with E-state index in [4.69, 9.17) is 10.5 Å². The van der Waals surface area contributed by atoms with E-state index in [2.05, 4.69) is 0 Å². The molecule has 0 radical (unpaired) electrons. The molecular weight excluding hydrogens is 264 g/mol. The Balaban J connectivity index is 1.65. The second kappa shape index (κ2) is 5.48. The number of methoxy groups -OCH3 is 1. The molecule has 108 valence electrons. The molecule has 4 nitrogen and oxygen atoms in total. The summed E-state index contributed by atoms with van der Waals surface area (Å²) in [7, 11) is 1.65. The summed E-state index contributed by atoms with van der Waals surface area (Å²) in [5, 5.41) is 0. The van der Waals surface area contributed by atoms with Crippen LogP contribution in [0.5, 0.6) is 5.75 Å². The molecule has 2 aromatic rings. The predicted molar refractivity (Wildman–Crippen MR) is 82.3 cm³/mol. The summed E-state index contributed by atoms with van der Waals surface area (Å²) < 4.78 is 5.14. The van der Waals surface area contributed by atoms with Gasteiger partial charge in [-0.05, 0) is 41.8 Å². The van der Waals surface area contributed by atoms with Crippen LogP contribution in [-0.4, -0.2) is 24.5 Å². The fourth-order valence-electron chi connectivity index (χ4n) is 2.62. The van der Waals surface area contributed by atoms with Crippen LogP contribution in [0.4, 0.5) is 5.69 Å². The Kier molecular flexibility index (Phi) is 3.52. The smallest absolute Gasteiger partial charge is 0.254 e. The van der Waals surface area contributed by atoms with Crippen molar-refractivity contribution in [3.05, 3.63) is 59.2 Å². The summed E-state index contributed by atoms with van der Waals surface area (Å²) in [6, 6.07) is 13.5. The number of ether oxygens (including phenoxy) is 1. The lowest BCUT2D eigenvalue weighted by atomic mass is 10.1. The summed E-state index contributed by atoms with van der Waals surface area (Å²) in [6.45, 7) is 1.38. The van der Waals surface area contributed by atoms with Crippen LogP contribution >= 0.6 is 0 Å². The highest BCUT2D eigenvalue weighted by Gasteiger charge is 2.26. The van der Waals surface area contributed by atoms with Gasteiger partial charge in [-0.15, -0.1) is 0 Å². The first-order chi connectivity index (χ1) is 10.2. The quantitative estimate of drug-likeness (QED) is 0.876. The van der Waals surface area contributed by atoms with E-state index in [1.165, 1.54) is 5.56 Å². The molecule has 1 aliphatic heterocycles. The molecule has 21 heavy (non-hydrogen) atoms. The van der Waals surface area contributed by atoms with Gasteiger partial charge in [0.15, 0.2) is 0 Å². The third-order valence-electron chi connectivity index (χ3n) is 3.84. The molecule has 0 aliphatic carbocycles. The van der Waals surface area contributed by atoms with Crippen molar-refractivity contribution in [3.63, 3.8) is 0 Å². The van der Waals surface area contributed by atoms with E-state index in [-0.39, 0.29) is 5.91 Å². The highest BCUT2D eigenvalue weighted by atomic mass is 16.5. The lowest BCUT2D eigenvalue weighted by molar-refractivity contribution is 0.0780. The molecule has 0 aromatic heterocycles. The molecule has 0 fully saturated rings. The van der Waals surface area contributed by atoms with Crippen molar-refractivity contribution in [1.29, 1.82) is 0 Å². The number of anilines is 1. The first-order valence-electron chi connectivity index (χ1n) is 6.98. The van der Waals surface area contributed by atoms with Crippen LogP contribution in [0.25, 0.3) is 0 Å². The number of carbonyl (C=O) groups excluding carboxylic acids is 1. The van der Waals surface area contributed by atoms with Crippen molar-refractivity contribution in [1.82, 2.24) is 4.90 Å². The monoisotopic (exact) mass is 282 g/mol. The average molecular weight is 282 g/mol. The first-order valence-corrected chi connectivity index (χ1v) is 6.98. The van der Waals surface area contributed by atoms with E-state index in [0.29, 0.717) is 18.8 Å². The van der Waals surface area contributed by atoms with E-state index in [1.807, 2.05) is 41.3 Å². The third kappa shape index (κ3) is 2.70. The van der Waals surface area contributed by atoms with Crippen LogP contribution in [-0.2, 0) is 13.0 Å². The van der Waals surface area contributed by atoms with Crippen molar-refractivity contribution in [2.24, 2.45) is 0 Å². The molecule has 0 saturated heterocycles. The Morgan fingerprint density at radius 3 is 2.67 bits per heavy atom. The molecule has 0 atom stereocenters. The van der Waals surface area contributed by atoms with E-state index in [9.17, 15) is 4.79 Å². The molecule has 1 aliphatic rings. The Hall–Kier alpha value is -2.49. The maximum absolute atomic E-state index is 12.3. The molecule has 1 heterocycles. The van der Waals surface area contributed by atoms with Crippen LogP contribution in [0.3, 0.4) is 0 Å². The fourth-order valence-corrected chi connectivity index (χ4v) is 2.62. The SMILES string of the molecule is COc1ccc(CCN2Cc3ccc(N)cc3C2=O)cc1. The van der Waals surface area contributed by atoms with Crippen LogP contribution in [0.15, 0.2) is 42.5 Å². The molecule has 2 N–H and O–H groups in total. The average Bonchev–Trinajstić information content (AvgIpc) is 2.82. The van der Waals surface area contributed by atoms with Crippen LogP contribution in [0, 0.1) is 0 Å². The second-order valence-corrected chi connectivity index (χ2v) is 5.24. The lowest BCUT2D eigenvalue weighted by Crippen LogP contribution is -2.26. The van der Waals surface area contributed by atoms with E-state index in [1.54, 1.807) is 13.2 Å². The summed E-state index contributed by atoms with van der Waals surface area (Å²) >= 11 is 0. The van der Waals surface area contributed by atoms with Gasteiger partial charge in [-0.2, -0.15) is 0 Å². The summed E-state index contributed by atoms with van der Waals surface area (Å²) in [5.41, 5.74) is 9.38. The van der Waals surface area contributed by atoms with Gasteiger partial charge in [0.25, 0.3) is 5.91 Å². The Labute approximate surface area is 124 Å². The molecule has 0 unspecified atom stereocenters. The number of rotatable bonds is 4. The number of hydrogen-bond donors (Lipinski definition) is 1. The number of nitrogen functional groups attached to an aromatic ring is 1.